The summed E-state index contributed by atoms with van der Waals surface area (Å²) in [4.78, 5) is 0. The summed E-state index contributed by atoms with van der Waals surface area (Å²) < 4.78 is 40.8. The highest BCUT2D eigenvalue weighted by Crippen LogP contribution is 2.30. The molecule has 0 amide bonds. The van der Waals surface area contributed by atoms with Crippen LogP contribution < -0.4 is 5.73 Å². The van der Waals surface area contributed by atoms with Gasteiger partial charge in [0.2, 0.25) is 0 Å². The Kier molecular flexibility index (Phi) is 3.85. The van der Waals surface area contributed by atoms with Crippen molar-refractivity contribution < 1.29 is 13.2 Å². The standard InChI is InChI=1S/C12H16F3N5/c1-3-10(16)11(8-4-17-19(2)6-8)20-7-9(5-18-20)12(13,14)15/h4-7,10-11H,3,16H2,1-2H3. The minimum Gasteiger partial charge on any atom is -0.326 e. The van der Waals surface area contributed by atoms with Crippen LogP contribution in [0.4, 0.5) is 13.2 Å². The zero-order valence-corrected chi connectivity index (χ0v) is 11.2. The largest absolute Gasteiger partial charge is 0.419 e. The summed E-state index contributed by atoms with van der Waals surface area (Å²) in [6.45, 7) is 1.88. The van der Waals surface area contributed by atoms with Crippen molar-refractivity contribution in [1.29, 1.82) is 0 Å². The van der Waals surface area contributed by atoms with E-state index in [9.17, 15) is 13.2 Å². The molecule has 2 unspecified atom stereocenters. The Morgan fingerprint density at radius 1 is 1.25 bits per heavy atom. The predicted molar refractivity (Wildman–Crippen MR) is 66.8 cm³/mol. The number of halogens is 3. The molecule has 2 aromatic heterocycles. The Labute approximate surface area is 114 Å². The van der Waals surface area contributed by atoms with Crippen LogP contribution in [0.5, 0.6) is 0 Å². The molecule has 0 bridgehead atoms. The normalized spacial score (nSPS) is 15.3. The lowest BCUT2D eigenvalue weighted by atomic mass is 10.0. The summed E-state index contributed by atoms with van der Waals surface area (Å²) >= 11 is 0. The first kappa shape index (κ1) is 14.6. The van der Waals surface area contributed by atoms with Gasteiger partial charge in [-0.3, -0.25) is 9.36 Å². The molecule has 0 aliphatic carbocycles. The smallest absolute Gasteiger partial charge is 0.326 e. The van der Waals surface area contributed by atoms with Crippen molar-refractivity contribution in [3.63, 3.8) is 0 Å². The molecule has 0 saturated heterocycles. The van der Waals surface area contributed by atoms with Gasteiger partial charge in [0.1, 0.15) is 0 Å². The van der Waals surface area contributed by atoms with Crippen molar-refractivity contribution in [2.45, 2.75) is 31.6 Å². The van der Waals surface area contributed by atoms with Gasteiger partial charge in [0.15, 0.2) is 0 Å². The van der Waals surface area contributed by atoms with Crippen LogP contribution in [-0.2, 0) is 13.2 Å². The van der Waals surface area contributed by atoms with Crippen LogP contribution in [0.3, 0.4) is 0 Å². The van der Waals surface area contributed by atoms with Crippen molar-refractivity contribution in [2.75, 3.05) is 0 Å². The van der Waals surface area contributed by atoms with Gasteiger partial charge in [-0.15, -0.1) is 0 Å². The molecular weight excluding hydrogens is 271 g/mol. The lowest BCUT2D eigenvalue weighted by Gasteiger charge is -2.22. The van der Waals surface area contributed by atoms with Crippen LogP contribution in [-0.4, -0.2) is 25.6 Å². The zero-order chi connectivity index (χ0) is 14.9. The molecule has 0 saturated carbocycles. The molecule has 110 valence electrons. The first-order valence-electron chi connectivity index (χ1n) is 6.18. The quantitative estimate of drug-likeness (QED) is 0.935. The number of alkyl halides is 3. The lowest BCUT2D eigenvalue weighted by molar-refractivity contribution is -0.137. The second-order valence-electron chi connectivity index (χ2n) is 4.67. The number of nitrogens with two attached hydrogens (primary N) is 1. The second kappa shape index (κ2) is 5.28. The van der Waals surface area contributed by atoms with E-state index in [4.69, 9.17) is 5.73 Å². The van der Waals surface area contributed by atoms with Gasteiger partial charge in [-0.2, -0.15) is 23.4 Å². The number of aromatic nitrogens is 4. The van der Waals surface area contributed by atoms with Crippen LogP contribution in [0.1, 0.15) is 30.5 Å². The maximum Gasteiger partial charge on any atom is 0.419 e. The number of hydrogen-bond acceptors (Lipinski definition) is 3. The Balaban J connectivity index is 2.39. The highest BCUT2D eigenvalue weighted by atomic mass is 19.4. The molecule has 5 nitrogen and oxygen atoms in total. The van der Waals surface area contributed by atoms with E-state index >= 15 is 0 Å². The molecule has 20 heavy (non-hydrogen) atoms. The van der Waals surface area contributed by atoms with Gasteiger partial charge >= 0.3 is 6.18 Å². The maximum atomic E-state index is 12.7. The molecule has 0 aliphatic heterocycles. The van der Waals surface area contributed by atoms with Gasteiger partial charge in [-0.25, -0.2) is 0 Å². The SMILES string of the molecule is CCC(N)C(c1cnn(C)c1)n1cc(C(F)(F)F)cn1. The number of rotatable bonds is 4. The molecular formula is C12H16F3N5. The fourth-order valence-corrected chi connectivity index (χ4v) is 2.05. The third-order valence-corrected chi connectivity index (χ3v) is 3.16. The summed E-state index contributed by atoms with van der Waals surface area (Å²) in [7, 11) is 1.74. The minimum absolute atomic E-state index is 0.347. The van der Waals surface area contributed by atoms with Crippen molar-refractivity contribution in [1.82, 2.24) is 19.6 Å². The summed E-state index contributed by atoms with van der Waals surface area (Å²) in [5, 5.41) is 7.85. The third kappa shape index (κ3) is 2.84. The first-order chi connectivity index (χ1) is 9.32. The third-order valence-electron chi connectivity index (χ3n) is 3.16. The molecule has 0 fully saturated rings. The Bertz CT molecular complexity index is 572. The number of nitrogens with zero attached hydrogens (tertiary/aromatic N) is 4. The second-order valence-corrected chi connectivity index (χ2v) is 4.67. The molecule has 2 rings (SSSR count). The van der Waals surface area contributed by atoms with E-state index in [1.165, 1.54) is 4.68 Å². The van der Waals surface area contributed by atoms with E-state index < -0.39 is 17.8 Å². The van der Waals surface area contributed by atoms with Crippen molar-refractivity contribution in [3.05, 3.63) is 35.9 Å². The molecule has 2 N–H and O–H groups in total. The summed E-state index contributed by atoms with van der Waals surface area (Å²) in [5.74, 6) is 0. The molecule has 8 heteroatoms. The molecule has 2 heterocycles. The van der Waals surface area contributed by atoms with Gasteiger partial charge in [-0.1, -0.05) is 6.92 Å². The predicted octanol–water partition coefficient (Wildman–Crippen LogP) is 1.96. The van der Waals surface area contributed by atoms with Gasteiger partial charge in [-0.05, 0) is 6.42 Å². The fourth-order valence-electron chi connectivity index (χ4n) is 2.05. The Hall–Kier alpha value is -1.83. The monoisotopic (exact) mass is 287 g/mol. The van der Waals surface area contributed by atoms with E-state index in [2.05, 4.69) is 10.2 Å². The molecule has 2 aromatic rings. The van der Waals surface area contributed by atoms with E-state index in [0.29, 0.717) is 6.42 Å². The van der Waals surface area contributed by atoms with Crippen molar-refractivity contribution in [2.24, 2.45) is 12.8 Å². The highest BCUT2D eigenvalue weighted by Gasteiger charge is 2.33. The molecule has 0 aliphatic rings. The minimum atomic E-state index is -4.41. The summed E-state index contributed by atoms with van der Waals surface area (Å²) in [6, 6.07) is -0.815. The highest BCUT2D eigenvalue weighted by molar-refractivity contribution is 5.17. The van der Waals surface area contributed by atoms with Crippen LogP contribution in [0.25, 0.3) is 0 Å². The summed E-state index contributed by atoms with van der Waals surface area (Å²) in [6.07, 6.45) is 1.32. The van der Waals surface area contributed by atoms with Gasteiger partial charge < -0.3 is 5.73 Å². The topological polar surface area (TPSA) is 61.7 Å². The Morgan fingerprint density at radius 3 is 2.40 bits per heavy atom. The number of hydrogen-bond donors (Lipinski definition) is 1. The molecule has 0 radical (unpaired) electrons. The Morgan fingerprint density at radius 2 is 1.95 bits per heavy atom. The average Bonchev–Trinajstić information content (AvgIpc) is 2.98. The summed E-state index contributed by atoms with van der Waals surface area (Å²) in [5.41, 5.74) is 5.98. The van der Waals surface area contributed by atoms with Gasteiger partial charge in [0, 0.05) is 31.0 Å². The average molecular weight is 287 g/mol. The van der Waals surface area contributed by atoms with E-state index in [0.717, 1.165) is 18.0 Å². The van der Waals surface area contributed by atoms with E-state index in [1.807, 2.05) is 6.92 Å². The van der Waals surface area contributed by atoms with Gasteiger partial charge in [0.25, 0.3) is 0 Å². The first-order valence-corrected chi connectivity index (χ1v) is 6.18. The van der Waals surface area contributed by atoms with Crippen LogP contribution in [0, 0.1) is 0 Å². The maximum absolute atomic E-state index is 12.7. The molecule has 0 spiro atoms. The number of aryl methyl sites for hydroxylation is 1. The zero-order valence-electron chi connectivity index (χ0n) is 11.2. The van der Waals surface area contributed by atoms with Crippen LogP contribution >= 0.6 is 0 Å². The van der Waals surface area contributed by atoms with Crippen LogP contribution in [0.2, 0.25) is 0 Å². The van der Waals surface area contributed by atoms with E-state index in [1.54, 1.807) is 24.1 Å². The van der Waals surface area contributed by atoms with Crippen molar-refractivity contribution >= 4 is 0 Å². The molecule has 0 aromatic carbocycles. The van der Waals surface area contributed by atoms with E-state index in [-0.39, 0.29) is 6.04 Å². The molecule has 2 atom stereocenters. The lowest BCUT2D eigenvalue weighted by Crippen LogP contribution is -2.32. The fraction of sp³-hybridized carbons (Fsp3) is 0.500. The van der Waals surface area contributed by atoms with Crippen LogP contribution in [0.15, 0.2) is 24.8 Å². The van der Waals surface area contributed by atoms with Crippen molar-refractivity contribution in [3.8, 4) is 0 Å². The van der Waals surface area contributed by atoms with Gasteiger partial charge in [0.05, 0.1) is 24.0 Å².